The van der Waals surface area contributed by atoms with E-state index < -0.39 is 0 Å². The van der Waals surface area contributed by atoms with Gasteiger partial charge in [-0.2, -0.15) is 0 Å². The maximum Gasteiger partial charge on any atom is 0.0484 e. The molecule has 0 heterocycles. The van der Waals surface area contributed by atoms with Crippen molar-refractivity contribution in [3.8, 4) is 11.1 Å². The number of nitrogens with two attached hydrogens (primary N) is 1. The van der Waals surface area contributed by atoms with Gasteiger partial charge in [-0.05, 0) is 30.5 Å². The Morgan fingerprint density at radius 1 is 1.06 bits per heavy atom. The smallest absolute Gasteiger partial charge is 0.0484 e. The van der Waals surface area contributed by atoms with Gasteiger partial charge >= 0.3 is 0 Å². The summed E-state index contributed by atoms with van der Waals surface area (Å²) in [4.78, 5) is 0. The van der Waals surface area contributed by atoms with Crippen LogP contribution >= 0.6 is 11.6 Å². The normalized spacial score (nSPS) is 12.4. The topological polar surface area (TPSA) is 26.0 Å². The molecule has 0 bridgehead atoms. The van der Waals surface area contributed by atoms with E-state index in [1.165, 1.54) is 5.56 Å². The van der Waals surface area contributed by atoms with Crippen LogP contribution in [0.2, 0.25) is 5.02 Å². The summed E-state index contributed by atoms with van der Waals surface area (Å²) in [6, 6.07) is 16.5. The monoisotopic (exact) mass is 245 g/mol. The Hall–Kier alpha value is -1.31. The Kier molecular flexibility index (Phi) is 3.82. The maximum atomic E-state index is 6.16. The quantitative estimate of drug-likeness (QED) is 0.872. The molecule has 2 aromatic carbocycles. The Morgan fingerprint density at radius 3 is 2.29 bits per heavy atom. The van der Waals surface area contributed by atoms with Gasteiger partial charge in [0.15, 0.2) is 0 Å². The molecule has 0 fully saturated rings. The third-order valence-corrected chi connectivity index (χ3v) is 3.03. The van der Waals surface area contributed by atoms with E-state index in [4.69, 9.17) is 17.3 Å². The molecule has 17 heavy (non-hydrogen) atoms. The number of halogens is 1. The fourth-order valence-electron chi connectivity index (χ4n) is 1.89. The number of hydrogen-bond acceptors (Lipinski definition) is 1. The van der Waals surface area contributed by atoms with E-state index in [9.17, 15) is 0 Å². The molecule has 2 heteroatoms. The van der Waals surface area contributed by atoms with Gasteiger partial charge in [-0.3, -0.25) is 0 Å². The van der Waals surface area contributed by atoms with Crippen LogP contribution in [-0.2, 0) is 6.42 Å². The van der Waals surface area contributed by atoms with Crippen LogP contribution in [0, 0.1) is 0 Å². The maximum absolute atomic E-state index is 6.16. The average molecular weight is 246 g/mol. The standard InChI is InChI=1S/C15H16ClN/c1-11(17)10-12-6-8-13(9-7-12)14-4-2-3-5-15(14)16/h2-9,11H,10,17H2,1H3. The summed E-state index contributed by atoms with van der Waals surface area (Å²) < 4.78 is 0. The van der Waals surface area contributed by atoms with Crippen molar-refractivity contribution in [3.63, 3.8) is 0 Å². The lowest BCUT2D eigenvalue weighted by atomic mass is 10.0. The molecule has 1 atom stereocenters. The lowest BCUT2D eigenvalue weighted by Crippen LogP contribution is -2.17. The second kappa shape index (κ2) is 5.35. The Morgan fingerprint density at radius 2 is 1.71 bits per heavy atom. The third-order valence-electron chi connectivity index (χ3n) is 2.70. The van der Waals surface area contributed by atoms with Crippen molar-refractivity contribution in [1.29, 1.82) is 0 Å². The van der Waals surface area contributed by atoms with Crippen LogP contribution in [0.25, 0.3) is 11.1 Å². The Bertz CT molecular complexity index is 489. The molecule has 0 amide bonds. The zero-order valence-corrected chi connectivity index (χ0v) is 10.6. The molecular formula is C15H16ClN. The summed E-state index contributed by atoms with van der Waals surface area (Å²) in [6.07, 6.45) is 0.906. The van der Waals surface area contributed by atoms with Crippen molar-refractivity contribution in [3.05, 3.63) is 59.1 Å². The number of benzene rings is 2. The zero-order valence-electron chi connectivity index (χ0n) is 9.86. The fraction of sp³-hybridized carbons (Fsp3) is 0.200. The first kappa shape index (κ1) is 12.2. The summed E-state index contributed by atoms with van der Waals surface area (Å²) in [5.41, 5.74) is 9.25. The molecular weight excluding hydrogens is 230 g/mol. The second-order valence-corrected chi connectivity index (χ2v) is 4.77. The number of rotatable bonds is 3. The average Bonchev–Trinajstić information content (AvgIpc) is 2.30. The van der Waals surface area contributed by atoms with Crippen LogP contribution in [-0.4, -0.2) is 6.04 Å². The van der Waals surface area contributed by atoms with Crippen molar-refractivity contribution in [2.75, 3.05) is 0 Å². The molecule has 2 aromatic rings. The highest BCUT2D eigenvalue weighted by molar-refractivity contribution is 6.33. The minimum atomic E-state index is 0.196. The molecule has 1 nitrogen and oxygen atoms in total. The summed E-state index contributed by atoms with van der Waals surface area (Å²) in [5, 5.41) is 0.785. The van der Waals surface area contributed by atoms with Crippen LogP contribution in [0.5, 0.6) is 0 Å². The van der Waals surface area contributed by atoms with Gasteiger partial charge in [0.1, 0.15) is 0 Å². The molecule has 0 aromatic heterocycles. The van der Waals surface area contributed by atoms with Gasteiger partial charge in [0.2, 0.25) is 0 Å². The van der Waals surface area contributed by atoms with E-state index in [-0.39, 0.29) is 6.04 Å². The van der Waals surface area contributed by atoms with Gasteiger partial charge in [0.05, 0.1) is 0 Å². The van der Waals surface area contributed by atoms with Crippen molar-refractivity contribution in [2.45, 2.75) is 19.4 Å². The second-order valence-electron chi connectivity index (χ2n) is 4.36. The Balaban J connectivity index is 2.27. The molecule has 0 aliphatic rings. The first-order chi connectivity index (χ1) is 8.16. The minimum Gasteiger partial charge on any atom is -0.328 e. The predicted molar refractivity (Wildman–Crippen MR) is 74.2 cm³/mol. The van der Waals surface area contributed by atoms with Crippen molar-refractivity contribution < 1.29 is 0 Å². The van der Waals surface area contributed by atoms with Crippen LogP contribution in [0.3, 0.4) is 0 Å². The summed E-state index contributed by atoms with van der Waals surface area (Å²) >= 11 is 6.16. The minimum absolute atomic E-state index is 0.196. The number of hydrogen-bond donors (Lipinski definition) is 1. The molecule has 2 rings (SSSR count). The highest BCUT2D eigenvalue weighted by atomic mass is 35.5. The van der Waals surface area contributed by atoms with E-state index in [0.29, 0.717) is 0 Å². The SMILES string of the molecule is CC(N)Cc1ccc(-c2ccccc2Cl)cc1. The highest BCUT2D eigenvalue weighted by Crippen LogP contribution is 2.27. The summed E-state index contributed by atoms with van der Waals surface area (Å²) in [5.74, 6) is 0. The lowest BCUT2D eigenvalue weighted by Gasteiger charge is -2.07. The van der Waals surface area contributed by atoms with Gasteiger partial charge in [0, 0.05) is 16.6 Å². The van der Waals surface area contributed by atoms with E-state index in [1.807, 2.05) is 31.2 Å². The molecule has 0 radical (unpaired) electrons. The fourth-order valence-corrected chi connectivity index (χ4v) is 2.13. The molecule has 0 aliphatic heterocycles. The molecule has 88 valence electrons. The van der Waals surface area contributed by atoms with Crippen LogP contribution < -0.4 is 5.73 Å². The molecule has 1 unspecified atom stereocenters. The van der Waals surface area contributed by atoms with Crippen LogP contribution in [0.15, 0.2) is 48.5 Å². The van der Waals surface area contributed by atoms with E-state index in [0.717, 1.165) is 22.6 Å². The lowest BCUT2D eigenvalue weighted by molar-refractivity contribution is 0.738. The van der Waals surface area contributed by atoms with Gasteiger partial charge < -0.3 is 5.73 Å². The van der Waals surface area contributed by atoms with Gasteiger partial charge in [-0.1, -0.05) is 54.1 Å². The van der Waals surface area contributed by atoms with Crippen molar-refractivity contribution in [2.24, 2.45) is 5.73 Å². The van der Waals surface area contributed by atoms with E-state index in [2.05, 4.69) is 24.3 Å². The van der Waals surface area contributed by atoms with Gasteiger partial charge in [-0.25, -0.2) is 0 Å². The predicted octanol–water partition coefficient (Wildman–Crippen LogP) is 3.90. The Labute approximate surface area is 107 Å². The van der Waals surface area contributed by atoms with E-state index in [1.54, 1.807) is 0 Å². The molecule has 0 saturated heterocycles. The summed E-state index contributed by atoms with van der Waals surface area (Å²) in [7, 11) is 0. The molecule has 2 N–H and O–H groups in total. The molecule has 0 saturated carbocycles. The first-order valence-electron chi connectivity index (χ1n) is 5.76. The van der Waals surface area contributed by atoms with Gasteiger partial charge in [-0.15, -0.1) is 0 Å². The summed E-state index contributed by atoms with van der Waals surface area (Å²) in [6.45, 7) is 2.02. The third kappa shape index (κ3) is 3.09. The zero-order chi connectivity index (χ0) is 12.3. The molecule has 0 spiro atoms. The van der Waals surface area contributed by atoms with Crippen molar-refractivity contribution >= 4 is 11.6 Å². The first-order valence-corrected chi connectivity index (χ1v) is 6.14. The largest absolute Gasteiger partial charge is 0.328 e. The highest BCUT2D eigenvalue weighted by Gasteiger charge is 2.03. The molecule has 0 aliphatic carbocycles. The van der Waals surface area contributed by atoms with Crippen molar-refractivity contribution in [1.82, 2.24) is 0 Å². The van der Waals surface area contributed by atoms with E-state index >= 15 is 0 Å². The van der Waals surface area contributed by atoms with Crippen LogP contribution in [0.1, 0.15) is 12.5 Å². The van der Waals surface area contributed by atoms with Crippen LogP contribution in [0.4, 0.5) is 0 Å². The van der Waals surface area contributed by atoms with Gasteiger partial charge in [0.25, 0.3) is 0 Å².